The van der Waals surface area contributed by atoms with Crippen LogP contribution in [0.3, 0.4) is 0 Å². The Morgan fingerprint density at radius 1 is 1.14 bits per heavy atom. The molecule has 0 aliphatic carbocycles. The highest BCUT2D eigenvalue weighted by molar-refractivity contribution is 7.99. The summed E-state index contributed by atoms with van der Waals surface area (Å²) in [7, 11) is 0. The molecule has 0 aliphatic heterocycles. The van der Waals surface area contributed by atoms with E-state index in [-0.39, 0.29) is 11.7 Å². The van der Waals surface area contributed by atoms with Crippen molar-refractivity contribution in [1.29, 1.82) is 0 Å². The molecule has 0 fully saturated rings. The summed E-state index contributed by atoms with van der Waals surface area (Å²) < 4.78 is 1.90. The molecule has 1 amide bonds. The maximum atomic E-state index is 12.1. The van der Waals surface area contributed by atoms with Gasteiger partial charge in [-0.05, 0) is 36.2 Å². The lowest BCUT2D eigenvalue weighted by molar-refractivity contribution is -0.118. The predicted octanol–water partition coefficient (Wildman–Crippen LogP) is 5.11. The third-order valence-electron chi connectivity index (χ3n) is 3.86. The predicted molar refractivity (Wildman–Crippen MR) is 115 cm³/mol. The third kappa shape index (κ3) is 5.07. The Hall–Kier alpha value is -2.02. The number of rotatable bonds is 7. The number of carbonyl (C=O) groups is 1. The van der Waals surface area contributed by atoms with Crippen LogP contribution >= 0.6 is 35.0 Å². The van der Waals surface area contributed by atoms with Gasteiger partial charge in [-0.1, -0.05) is 67.0 Å². The standard InChI is InChI=1S/C20H20Cl2N4OS/c1-13(2)11-23-18(27)12-28-20-25-24-19(16-9-8-14(21)10-17(16)22)26(20)15-6-4-3-5-7-15/h3-10,13H,11-12H2,1-2H3,(H,23,27). The molecule has 1 aromatic heterocycles. The zero-order valence-corrected chi connectivity index (χ0v) is 17.9. The molecule has 1 heterocycles. The van der Waals surface area contributed by atoms with E-state index in [0.717, 1.165) is 11.3 Å². The van der Waals surface area contributed by atoms with Crippen LogP contribution in [-0.4, -0.2) is 33.0 Å². The fourth-order valence-electron chi connectivity index (χ4n) is 2.52. The van der Waals surface area contributed by atoms with Gasteiger partial charge in [0.2, 0.25) is 5.91 Å². The van der Waals surface area contributed by atoms with E-state index < -0.39 is 0 Å². The molecule has 0 aliphatic rings. The summed E-state index contributed by atoms with van der Waals surface area (Å²) in [6, 6.07) is 15.0. The first kappa shape index (κ1) is 20.7. The van der Waals surface area contributed by atoms with Crippen LogP contribution in [0.2, 0.25) is 10.0 Å². The number of amides is 1. The average Bonchev–Trinajstić information content (AvgIpc) is 3.09. The Morgan fingerprint density at radius 2 is 1.89 bits per heavy atom. The fourth-order valence-corrected chi connectivity index (χ4v) is 3.79. The molecule has 0 bridgehead atoms. The largest absolute Gasteiger partial charge is 0.355 e. The van der Waals surface area contributed by atoms with E-state index in [2.05, 4.69) is 29.4 Å². The summed E-state index contributed by atoms with van der Waals surface area (Å²) in [6.07, 6.45) is 0. The SMILES string of the molecule is CC(C)CNC(=O)CSc1nnc(-c2ccc(Cl)cc2Cl)n1-c1ccccc1. The minimum atomic E-state index is -0.0348. The van der Waals surface area contributed by atoms with Crippen LogP contribution in [0.5, 0.6) is 0 Å². The average molecular weight is 435 g/mol. The van der Waals surface area contributed by atoms with Gasteiger partial charge in [-0.2, -0.15) is 0 Å². The van der Waals surface area contributed by atoms with E-state index >= 15 is 0 Å². The Labute approximate surface area is 178 Å². The normalized spacial score (nSPS) is 11.0. The molecule has 0 unspecified atom stereocenters. The highest BCUT2D eigenvalue weighted by Gasteiger charge is 2.19. The first-order chi connectivity index (χ1) is 13.5. The van der Waals surface area contributed by atoms with Gasteiger partial charge in [0.05, 0.1) is 10.8 Å². The van der Waals surface area contributed by atoms with Crippen molar-refractivity contribution in [3.8, 4) is 17.1 Å². The second-order valence-electron chi connectivity index (χ2n) is 6.59. The number of carbonyl (C=O) groups excluding carboxylic acids is 1. The lowest BCUT2D eigenvalue weighted by Gasteiger charge is -2.11. The van der Waals surface area contributed by atoms with Gasteiger partial charge in [0.15, 0.2) is 11.0 Å². The number of hydrogen-bond acceptors (Lipinski definition) is 4. The molecular formula is C20H20Cl2N4OS. The van der Waals surface area contributed by atoms with Gasteiger partial charge >= 0.3 is 0 Å². The molecular weight excluding hydrogens is 415 g/mol. The number of hydrogen-bond donors (Lipinski definition) is 1. The first-order valence-corrected chi connectivity index (χ1v) is 10.6. The number of aromatic nitrogens is 3. The highest BCUT2D eigenvalue weighted by atomic mass is 35.5. The number of para-hydroxylation sites is 1. The van der Waals surface area contributed by atoms with Crippen molar-refractivity contribution in [2.75, 3.05) is 12.3 Å². The molecule has 0 spiro atoms. The smallest absolute Gasteiger partial charge is 0.230 e. The quantitative estimate of drug-likeness (QED) is 0.525. The summed E-state index contributed by atoms with van der Waals surface area (Å²) in [5.41, 5.74) is 1.61. The molecule has 0 atom stereocenters. The summed E-state index contributed by atoms with van der Waals surface area (Å²) >= 11 is 13.8. The van der Waals surface area contributed by atoms with E-state index in [9.17, 15) is 4.79 Å². The molecule has 2 aromatic carbocycles. The Morgan fingerprint density at radius 3 is 2.57 bits per heavy atom. The van der Waals surface area contributed by atoms with Crippen LogP contribution in [0.15, 0.2) is 53.7 Å². The van der Waals surface area contributed by atoms with Gasteiger partial charge in [0.1, 0.15) is 0 Å². The van der Waals surface area contributed by atoms with Gasteiger partial charge in [0, 0.05) is 22.8 Å². The number of halogens is 2. The summed E-state index contributed by atoms with van der Waals surface area (Å²) in [5.74, 6) is 1.22. The van der Waals surface area contributed by atoms with Crippen molar-refractivity contribution in [1.82, 2.24) is 20.1 Å². The zero-order valence-electron chi connectivity index (χ0n) is 15.5. The molecule has 0 saturated carbocycles. The van der Waals surface area contributed by atoms with E-state index in [0.29, 0.717) is 33.5 Å². The molecule has 5 nitrogen and oxygen atoms in total. The Bertz CT molecular complexity index is 960. The highest BCUT2D eigenvalue weighted by Crippen LogP contribution is 2.33. The van der Waals surface area contributed by atoms with Gasteiger partial charge in [-0.25, -0.2) is 0 Å². The molecule has 28 heavy (non-hydrogen) atoms. The van der Waals surface area contributed by atoms with E-state index in [1.807, 2.05) is 41.0 Å². The number of thioether (sulfide) groups is 1. The molecule has 3 aromatic rings. The summed E-state index contributed by atoms with van der Waals surface area (Å²) in [6.45, 7) is 4.76. The summed E-state index contributed by atoms with van der Waals surface area (Å²) in [4.78, 5) is 12.1. The monoisotopic (exact) mass is 434 g/mol. The van der Waals surface area contributed by atoms with Gasteiger partial charge in [-0.15, -0.1) is 10.2 Å². The van der Waals surface area contributed by atoms with Crippen LogP contribution in [0.1, 0.15) is 13.8 Å². The zero-order chi connectivity index (χ0) is 20.1. The van der Waals surface area contributed by atoms with Crippen molar-refractivity contribution in [2.45, 2.75) is 19.0 Å². The minimum absolute atomic E-state index is 0.0348. The van der Waals surface area contributed by atoms with Crippen molar-refractivity contribution in [3.63, 3.8) is 0 Å². The first-order valence-electron chi connectivity index (χ1n) is 8.81. The van der Waals surface area contributed by atoms with E-state index in [4.69, 9.17) is 23.2 Å². The Kier molecular flexibility index (Phi) is 6.99. The molecule has 3 rings (SSSR count). The lowest BCUT2D eigenvalue weighted by atomic mass is 10.2. The molecule has 0 radical (unpaired) electrons. The molecule has 8 heteroatoms. The third-order valence-corrected chi connectivity index (χ3v) is 5.34. The van der Waals surface area contributed by atoms with Gasteiger partial charge in [-0.3, -0.25) is 9.36 Å². The van der Waals surface area contributed by atoms with Crippen molar-refractivity contribution >= 4 is 40.9 Å². The maximum absolute atomic E-state index is 12.1. The van der Waals surface area contributed by atoms with Gasteiger partial charge < -0.3 is 5.32 Å². The van der Waals surface area contributed by atoms with Crippen molar-refractivity contribution < 1.29 is 4.79 Å². The number of nitrogens with zero attached hydrogens (tertiary/aromatic N) is 3. The van der Waals surface area contributed by atoms with Crippen molar-refractivity contribution in [3.05, 3.63) is 58.6 Å². The molecule has 146 valence electrons. The second kappa shape index (κ2) is 9.45. The Balaban J connectivity index is 1.93. The fraction of sp³-hybridized carbons (Fsp3) is 0.250. The molecule has 1 N–H and O–H groups in total. The van der Waals surface area contributed by atoms with E-state index in [1.165, 1.54) is 11.8 Å². The number of nitrogens with one attached hydrogen (secondary N) is 1. The van der Waals surface area contributed by atoms with E-state index in [1.54, 1.807) is 12.1 Å². The molecule has 0 saturated heterocycles. The second-order valence-corrected chi connectivity index (χ2v) is 8.37. The maximum Gasteiger partial charge on any atom is 0.230 e. The van der Waals surface area contributed by atoms with Crippen LogP contribution < -0.4 is 5.32 Å². The van der Waals surface area contributed by atoms with Crippen LogP contribution in [0.25, 0.3) is 17.1 Å². The van der Waals surface area contributed by atoms with Crippen LogP contribution in [-0.2, 0) is 4.79 Å². The van der Waals surface area contributed by atoms with Crippen LogP contribution in [0.4, 0.5) is 0 Å². The lowest BCUT2D eigenvalue weighted by Crippen LogP contribution is -2.28. The topological polar surface area (TPSA) is 59.8 Å². The van der Waals surface area contributed by atoms with Gasteiger partial charge in [0.25, 0.3) is 0 Å². The van der Waals surface area contributed by atoms with Crippen molar-refractivity contribution in [2.24, 2.45) is 5.92 Å². The van der Waals surface area contributed by atoms with Crippen LogP contribution in [0, 0.1) is 5.92 Å². The number of benzene rings is 2. The minimum Gasteiger partial charge on any atom is -0.355 e. The summed E-state index contributed by atoms with van der Waals surface area (Å²) in [5, 5.41) is 13.2.